The van der Waals surface area contributed by atoms with Gasteiger partial charge in [0.05, 0.1) is 0 Å². The van der Waals surface area contributed by atoms with Crippen molar-refractivity contribution in [3.8, 4) is 0 Å². The van der Waals surface area contributed by atoms with Crippen LogP contribution in [0, 0.1) is 0 Å². The first-order valence-electron chi connectivity index (χ1n) is 5.11. The zero-order chi connectivity index (χ0) is 10.3. The van der Waals surface area contributed by atoms with E-state index in [1.54, 1.807) is 0 Å². The van der Waals surface area contributed by atoms with E-state index in [2.05, 4.69) is 60.7 Å². The third-order valence-corrected chi connectivity index (χ3v) is 3.30. The molecular formula is C14H15BrS. The van der Waals surface area contributed by atoms with Crippen LogP contribution in [0.25, 0.3) is 0 Å². The maximum absolute atomic E-state index is 2.18. The minimum atomic E-state index is 0. The van der Waals surface area contributed by atoms with Gasteiger partial charge in [-0.3, -0.25) is 0 Å². The number of hydrogen-bond acceptors (Lipinski definition) is 1. The van der Waals surface area contributed by atoms with Crippen LogP contribution >= 0.6 is 28.7 Å². The molecule has 0 amide bonds. The van der Waals surface area contributed by atoms with Gasteiger partial charge in [0.2, 0.25) is 0 Å². The van der Waals surface area contributed by atoms with Crippen LogP contribution < -0.4 is 0 Å². The molecule has 0 nitrogen and oxygen atoms in total. The molecule has 0 heterocycles. The van der Waals surface area contributed by atoms with Crippen molar-refractivity contribution in [1.29, 1.82) is 0 Å². The molecule has 0 saturated carbocycles. The summed E-state index contributed by atoms with van der Waals surface area (Å²) in [6.45, 7) is 0. The highest BCUT2D eigenvalue weighted by Gasteiger charge is 1.93. The van der Waals surface area contributed by atoms with Crippen molar-refractivity contribution in [3.05, 3.63) is 71.8 Å². The predicted octanol–water partition coefficient (Wildman–Crippen LogP) is 4.70. The Kier molecular flexibility index (Phi) is 6.27. The van der Waals surface area contributed by atoms with E-state index in [1.807, 2.05) is 11.8 Å². The molecule has 0 atom stereocenters. The molecule has 0 radical (unpaired) electrons. The Morgan fingerprint density at radius 3 is 1.38 bits per heavy atom. The van der Waals surface area contributed by atoms with E-state index in [-0.39, 0.29) is 17.0 Å². The second-order valence-electron chi connectivity index (χ2n) is 3.46. The van der Waals surface area contributed by atoms with Crippen molar-refractivity contribution >= 4 is 28.7 Å². The van der Waals surface area contributed by atoms with Gasteiger partial charge < -0.3 is 0 Å². The molecule has 16 heavy (non-hydrogen) atoms. The maximum atomic E-state index is 2.18. The number of halogens is 1. The SMILES string of the molecule is Br.c1ccc(CSCc2ccccc2)cc1. The molecule has 0 aliphatic carbocycles. The minimum absolute atomic E-state index is 0. The first kappa shape index (κ1) is 13.3. The van der Waals surface area contributed by atoms with Gasteiger partial charge >= 0.3 is 0 Å². The molecule has 0 spiro atoms. The van der Waals surface area contributed by atoms with Gasteiger partial charge in [0.25, 0.3) is 0 Å². The highest BCUT2D eigenvalue weighted by atomic mass is 79.9. The van der Waals surface area contributed by atoms with Crippen molar-refractivity contribution in [2.45, 2.75) is 11.5 Å². The standard InChI is InChI=1S/C14H14S.BrH/c1-3-7-13(8-4-1)11-15-12-14-9-5-2-6-10-14;/h1-10H,11-12H2;1H. The summed E-state index contributed by atoms with van der Waals surface area (Å²) in [4.78, 5) is 0. The third-order valence-electron chi connectivity index (χ3n) is 2.22. The van der Waals surface area contributed by atoms with Crippen molar-refractivity contribution in [2.75, 3.05) is 0 Å². The van der Waals surface area contributed by atoms with Crippen LogP contribution in [0.1, 0.15) is 11.1 Å². The molecule has 2 rings (SSSR count). The second kappa shape index (κ2) is 7.53. The van der Waals surface area contributed by atoms with Crippen LogP contribution in [0.4, 0.5) is 0 Å². The fraction of sp³-hybridized carbons (Fsp3) is 0.143. The van der Waals surface area contributed by atoms with Crippen molar-refractivity contribution in [3.63, 3.8) is 0 Å². The smallest absolute Gasteiger partial charge is 0.0187 e. The Balaban J connectivity index is 0.00000128. The largest absolute Gasteiger partial charge is 0.152 e. The monoisotopic (exact) mass is 294 g/mol. The fourth-order valence-corrected chi connectivity index (χ4v) is 2.39. The molecular weight excluding hydrogens is 280 g/mol. The average Bonchev–Trinajstić information content (AvgIpc) is 2.32. The topological polar surface area (TPSA) is 0 Å². The number of thioether (sulfide) groups is 1. The van der Waals surface area contributed by atoms with E-state index in [1.165, 1.54) is 11.1 Å². The summed E-state index contributed by atoms with van der Waals surface area (Å²) in [5, 5.41) is 0. The van der Waals surface area contributed by atoms with Gasteiger partial charge in [-0.05, 0) is 11.1 Å². The summed E-state index contributed by atoms with van der Waals surface area (Å²) < 4.78 is 0. The van der Waals surface area contributed by atoms with Crippen molar-refractivity contribution in [1.82, 2.24) is 0 Å². The van der Waals surface area contributed by atoms with Crippen LogP contribution in [-0.4, -0.2) is 0 Å². The molecule has 0 bridgehead atoms. The zero-order valence-electron chi connectivity index (χ0n) is 9.00. The molecule has 0 aliphatic rings. The zero-order valence-corrected chi connectivity index (χ0v) is 11.5. The van der Waals surface area contributed by atoms with E-state index >= 15 is 0 Å². The lowest BCUT2D eigenvalue weighted by Gasteiger charge is -2.01. The van der Waals surface area contributed by atoms with Gasteiger partial charge in [0.15, 0.2) is 0 Å². The first-order valence-corrected chi connectivity index (χ1v) is 6.26. The van der Waals surface area contributed by atoms with Crippen LogP contribution in [0.3, 0.4) is 0 Å². The van der Waals surface area contributed by atoms with Crippen LogP contribution in [0.5, 0.6) is 0 Å². The highest BCUT2D eigenvalue weighted by molar-refractivity contribution is 8.93. The summed E-state index contributed by atoms with van der Waals surface area (Å²) in [5.41, 5.74) is 2.80. The molecule has 2 aromatic carbocycles. The highest BCUT2D eigenvalue weighted by Crippen LogP contribution is 2.17. The Bertz CT molecular complexity index is 346. The first-order chi connectivity index (χ1) is 7.45. The molecule has 84 valence electrons. The Morgan fingerprint density at radius 1 is 0.625 bits per heavy atom. The summed E-state index contributed by atoms with van der Waals surface area (Å²) in [5.74, 6) is 2.19. The van der Waals surface area contributed by atoms with Crippen LogP contribution in [0.2, 0.25) is 0 Å². The summed E-state index contributed by atoms with van der Waals surface area (Å²) >= 11 is 1.96. The normalized spacial score (nSPS) is 9.50. The van der Waals surface area contributed by atoms with E-state index in [0.717, 1.165) is 11.5 Å². The van der Waals surface area contributed by atoms with E-state index in [9.17, 15) is 0 Å². The van der Waals surface area contributed by atoms with Gasteiger partial charge in [-0.25, -0.2) is 0 Å². The lowest BCUT2D eigenvalue weighted by atomic mass is 10.2. The van der Waals surface area contributed by atoms with E-state index in [0.29, 0.717) is 0 Å². The Morgan fingerprint density at radius 2 is 1.00 bits per heavy atom. The number of hydrogen-bond donors (Lipinski definition) is 0. The van der Waals surface area contributed by atoms with Crippen LogP contribution in [0.15, 0.2) is 60.7 Å². The molecule has 0 N–H and O–H groups in total. The van der Waals surface area contributed by atoms with E-state index in [4.69, 9.17) is 0 Å². The fourth-order valence-electron chi connectivity index (χ4n) is 1.44. The predicted molar refractivity (Wildman–Crippen MR) is 78.2 cm³/mol. The summed E-state index contributed by atoms with van der Waals surface area (Å²) in [6.07, 6.45) is 0. The molecule has 0 unspecified atom stereocenters. The summed E-state index contributed by atoms with van der Waals surface area (Å²) in [7, 11) is 0. The number of benzene rings is 2. The van der Waals surface area contributed by atoms with Gasteiger partial charge in [-0.2, -0.15) is 11.8 Å². The van der Waals surface area contributed by atoms with E-state index < -0.39 is 0 Å². The molecule has 2 aromatic rings. The molecule has 0 aromatic heterocycles. The van der Waals surface area contributed by atoms with Gasteiger partial charge in [-0.15, -0.1) is 17.0 Å². The Labute approximate surface area is 112 Å². The third kappa shape index (κ3) is 4.42. The molecule has 0 aliphatic heterocycles. The lowest BCUT2D eigenvalue weighted by Crippen LogP contribution is -1.82. The molecule has 0 fully saturated rings. The van der Waals surface area contributed by atoms with Crippen molar-refractivity contribution in [2.24, 2.45) is 0 Å². The van der Waals surface area contributed by atoms with Crippen molar-refractivity contribution < 1.29 is 0 Å². The van der Waals surface area contributed by atoms with Gasteiger partial charge in [0, 0.05) is 11.5 Å². The lowest BCUT2D eigenvalue weighted by molar-refractivity contribution is 1.36. The van der Waals surface area contributed by atoms with Gasteiger partial charge in [0.1, 0.15) is 0 Å². The van der Waals surface area contributed by atoms with Crippen LogP contribution in [-0.2, 0) is 11.5 Å². The molecule has 0 saturated heterocycles. The quantitative estimate of drug-likeness (QED) is 0.788. The average molecular weight is 295 g/mol. The summed E-state index contributed by atoms with van der Waals surface area (Å²) in [6, 6.07) is 21.2. The Hall–Kier alpha value is -0.730. The minimum Gasteiger partial charge on any atom is -0.152 e. The molecule has 2 heteroatoms. The maximum Gasteiger partial charge on any atom is 0.0187 e. The second-order valence-corrected chi connectivity index (χ2v) is 4.45. The number of rotatable bonds is 4. The van der Waals surface area contributed by atoms with Gasteiger partial charge in [-0.1, -0.05) is 60.7 Å².